The summed E-state index contributed by atoms with van der Waals surface area (Å²) in [4.78, 5) is 19.2. The minimum Gasteiger partial charge on any atom is -0.315 e. The average Bonchev–Trinajstić information content (AvgIpc) is 3.13. The summed E-state index contributed by atoms with van der Waals surface area (Å²) in [6.07, 6.45) is 8.34. The molecule has 28 heavy (non-hydrogen) atoms. The molecule has 0 radical (unpaired) electrons. The first-order chi connectivity index (χ1) is 13.6. The Morgan fingerprint density at radius 2 is 1.82 bits per heavy atom. The maximum Gasteiger partial charge on any atom is 0.251 e. The molecule has 6 heteroatoms. The number of benzene rings is 1. The largest absolute Gasteiger partial charge is 0.315 e. The summed E-state index contributed by atoms with van der Waals surface area (Å²) < 4.78 is 3.51. The topological polar surface area (TPSA) is 55.4 Å². The molecule has 0 fully saturated rings. The van der Waals surface area contributed by atoms with Crippen LogP contribution in [0.3, 0.4) is 0 Å². The van der Waals surface area contributed by atoms with Gasteiger partial charge in [0.15, 0.2) is 5.65 Å². The molecule has 0 saturated heterocycles. The molecule has 0 N–H and O–H groups in total. The lowest BCUT2D eigenvalue weighted by atomic mass is 10.1. The second-order valence-electron chi connectivity index (χ2n) is 7.14. The zero-order valence-electron chi connectivity index (χ0n) is 16.1. The van der Waals surface area contributed by atoms with Gasteiger partial charge in [-0.25, -0.2) is 9.50 Å². The lowest BCUT2D eigenvalue weighted by Gasteiger charge is -2.11. The molecule has 0 saturated carbocycles. The van der Waals surface area contributed by atoms with Gasteiger partial charge in [0.2, 0.25) is 0 Å². The molecule has 0 aliphatic carbocycles. The van der Waals surface area contributed by atoms with E-state index < -0.39 is 0 Å². The summed E-state index contributed by atoms with van der Waals surface area (Å²) in [7, 11) is 4.07. The van der Waals surface area contributed by atoms with Gasteiger partial charge in [0.1, 0.15) is 0 Å². The highest BCUT2D eigenvalue weighted by Gasteiger charge is 2.09. The van der Waals surface area contributed by atoms with Gasteiger partial charge in [-0.15, -0.1) is 0 Å². The number of nitrogens with zero attached hydrogens (tertiary/aromatic N) is 5. The van der Waals surface area contributed by atoms with Crippen molar-refractivity contribution < 1.29 is 0 Å². The van der Waals surface area contributed by atoms with Crippen LogP contribution < -0.4 is 5.56 Å². The monoisotopic (exact) mass is 373 g/mol. The molecule has 0 amide bonds. The van der Waals surface area contributed by atoms with Crippen LogP contribution in [0.25, 0.3) is 27.9 Å². The number of hydrogen-bond acceptors (Lipinski definition) is 4. The summed E-state index contributed by atoms with van der Waals surface area (Å²) in [6, 6.07) is 13.7. The molecule has 0 atom stereocenters. The minimum absolute atomic E-state index is 0.00166. The van der Waals surface area contributed by atoms with Crippen molar-refractivity contribution >= 4 is 5.65 Å². The third-order valence-electron chi connectivity index (χ3n) is 4.77. The Hall–Kier alpha value is -3.25. The van der Waals surface area contributed by atoms with E-state index in [4.69, 9.17) is 0 Å². The molecule has 3 aromatic heterocycles. The first kappa shape index (κ1) is 18.1. The SMILES string of the molecule is CN(C)CCCn1ccc(-c2cnc3c(-c4ccccc4)cnn3c2)cc1=O. The number of pyridine rings is 1. The second-order valence-corrected chi connectivity index (χ2v) is 7.14. The van der Waals surface area contributed by atoms with Gasteiger partial charge in [-0.05, 0) is 44.3 Å². The highest BCUT2D eigenvalue weighted by Crippen LogP contribution is 2.24. The van der Waals surface area contributed by atoms with Gasteiger partial charge in [0.05, 0.1) is 6.20 Å². The highest BCUT2D eigenvalue weighted by molar-refractivity contribution is 5.77. The minimum atomic E-state index is 0.00166. The van der Waals surface area contributed by atoms with Gasteiger partial charge >= 0.3 is 0 Å². The van der Waals surface area contributed by atoms with Crippen molar-refractivity contribution in [1.82, 2.24) is 24.1 Å². The molecule has 4 aromatic rings. The molecular formula is C22H23N5O. The molecule has 142 valence electrons. The molecule has 0 spiro atoms. The van der Waals surface area contributed by atoms with Crippen LogP contribution in [-0.2, 0) is 6.54 Å². The Balaban J connectivity index is 1.61. The van der Waals surface area contributed by atoms with Gasteiger partial charge < -0.3 is 9.47 Å². The first-order valence-corrected chi connectivity index (χ1v) is 9.36. The van der Waals surface area contributed by atoms with E-state index in [9.17, 15) is 4.79 Å². The van der Waals surface area contributed by atoms with Crippen LogP contribution in [0.5, 0.6) is 0 Å². The third-order valence-corrected chi connectivity index (χ3v) is 4.77. The van der Waals surface area contributed by atoms with E-state index in [1.54, 1.807) is 21.3 Å². The van der Waals surface area contributed by atoms with Gasteiger partial charge in [-0.1, -0.05) is 30.3 Å². The van der Waals surface area contributed by atoms with Crippen LogP contribution in [0.15, 0.2) is 72.0 Å². The third kappa shape index (κ3) is 3.73. The van der Waals surface area contributed by atoms with Crippen LogP contribution in [0, 0.1) is 0 Å². The molecule has 3 heterocycles. The fourth-order valence-corrected chi connectivity index (χ4v) is 3.27. The number of rotatable bonds is 6. The van der Waals surface area contributed by atoms with Gasteiger partial charge in [-0.3, -0.25) is 4.79 Å². The highest BCUT2D eigenvalue weighted by atomic mass is 16.1. The molecule has 0 unspecified atom stereocenters. The number of aromatic nitrogens is 4. The van der Waals surface area contributed by atoms with Gasteiger partial charge in [0.25, 0.3) is 5.56 Å². The molecule has 6 nitrogen and oxygen atoms in total. The summed E-state index contributed by atoms with van der Waals surface area (Å²) >= 11 is 0. The Labute approximate surface area is 163 Å². The van der Waals surface area contributed by atoms with E-state index in [2.05, 4.69) is 15.0 Å². The number of hydrogen-bond donors (Lipinski definition) is 0. The average molecular weight is 373 g/mol. The van der Waals surface area contributed by atoms with Gasteiger partial charge in [0, 0.05) is 42.3 Å². The quantitative estimate of drug-likeness (QED) is 0.521. The van der Waals surface area contributed by atoms with Crippen molar-refractivity contribution in [3.63, 3.8) is 0 Å². The molecule has 0 bridgehead atoms. The maximum absolute atomic E-state index is 12.4. The first-order valence-electron chi connectivity index (χ1n) is 9.36. The van der Waals surface area contributed by atoms with Crippen LogP contribution in [-0.4, -0.2) is 44.7 Å². The summed E-state index contributed by atoms with van der Waals surface area (Å²) in [6.45, 7) is 1.67. The van der Waals surface area contributed by atoms with Crippen molar-refractivity contribution in [3.05, 3.63) is 77.6 Å². The summed E-state index contributed by atoms with van der Waals surface area (Å²) in [5.41, 5.74) is 4.59. The predicted octanol–water partition coefficient (Wildman–Crippen LogP) is 3.18. The van der Waals surface area contributed by atoms with E-state index >= 15 is 0 Å². The molecule has 1 aromatic carbocycles. The second kappa shape index (κ2) is 7.78. The molecule has 0 aliphatic heterocycles. The van der Waals surface area contributed by atoms with Crippen molar-refractivity contribution in [2.45, 2.75) is 13.0 Å². The van der Waals surface area contributed by atoms with E-state index in [0.29, 0.717) is 6.54 Å². The van der Waals surface area contributed by atoms with E-state index in [-0.39, 0.29) is 5.56 Å². The smallest absolute Gasteiger partial charge is 0.251 e. The molecule has 0 aliphatic rings. The van der Waals surface area contributed by atoms with Crippen molar-refractivity contribution in [2.75, 3.05) is 20.6 Å². The zero-order chi connectivity index (χ0) is 19.5. The molecule has 4 rings (SSSR count). The van der Waals surface area contributed by atoms with Crippen molar-refractivity contribution in [3.8, 4) is 22.3 Å². The number of aryl methyl sites for hydroxylation is 1. The van der Waals surface area contributed by atoms with Crippen molar-refractivity contribution in [2.24, 2.45) is 0 Å². The van der Waals surface area contributed by atoms with Crippen LogP contribution in [0.1, 0.15) is 6.42 Å². The van der Waals surface area contributed by atoms with E-state index in [0.717, 1.165) is 40.9 Å². The Morgan fingerprint density at radius 1 is 1.00 bits per heavy atom. The summed E-state index contributed by atoms with van der Waals surface area (Å²) in [5, 5.41) is 4.44. The predicted molar refractivity (Wildman–Crippen MR) is 111 cm³/mol. The fourth-order valence-electron chi connectivity index (χ4n) is 3.27. The Morgan fingerprint density at radius 3 is 2.57 bits per heavy atom. The van der Waals surface area contributed by atoms with Crippen LogP contribution >= 0.6 is 0 Å². The zero-order valence-corrected chi connectivity index (χ0v) is 16.1. The van der Waals surface area contributed by atoms with Crippen LogP contribution in [0.2, 0.25) is 0 Å². The maximum atomic E-state index is 12.4. The standard InChI is InChI=1S/C22H23N5O/c1-25(2)10-6-11-26-12-9-18(13-21(26)28)19-14-23-22-20(15-24-27(22)16-19)17-7-4-3-5-8-17/h3-5,7-9,12-16H,6,10-11H2,1-2H3. The Bertz CT molecular complexity index is 1140. The van der Waals surface area contributed by atoms with E-state index in [1.165, 1.54) is 0 Å². The fraction of sp³-hybridized carbons (Fsp3) is 0.227. The lowest BCUT2D eigenvalue weighted by Crippen LogP contribution is -2.21. The number of fused-ring (bicyclic) bond motifs is 1. The summed E-state index contributed by atoms with van der Waals surface area (Å²) in [5.74, 6) is 0. The normalized spacial score (nSPS) is 11.4. The van der Waals surface area contributed by atoms with Gasteiger partial charge in [-0.2, -0.15) is 5.10 Å². The molecular weight excluding hydrogens is 350 g/mol. The van der Waals surface area contributed by atoms with Crippen LogP contribution in [0.4, 0.5) is 0 Å². The Kier molecular flexibility index (Phi) is 5.04. The van der Waals surface area contributed by atoms with E-state index in [1.807, 2.05) is 69.1 Å². The van der Waals surface area contributed by atoms with Crippen molar-refractivity contribution in [1.29, 1.82) is 0 Å². The lowest BCUT2D eigenvalue weighted by molar-refractivity contribution is 0.385.